The maximum absolute atomic E-state index is 13.4. The molecule has 1 atom stereocenters. The Morgan fingerprint density at radius 1 is 1.19 bits per heavy atom. The van der Waals surface area contributed by atoms with E-state index < -0.39 is 0 Å². The van der Waals surface area contributed by atoms with Gasteiger partial charge in [0.2, 0.25) is 0 Å². The predicted octanol–water partition coefficient (Wildman–Crippen LogP) is 3.11. The number of nitrogens with zero attached hydrogens (tertiary/aromatic N) is 2. The van der Waals surface area contributed by atoms with Gasteiger partial charge in [0, 0.05) is 43.1 Å². The number of fused-ring (bicyclic) bond motifs is 1. The van der Waals surface area contributed by atoms with Crippen LogP contribution in [0.5, 0.6) is 0 Å². The third-order valence-electron chi connectivity index (χ3n) is 5.89. The van der Waals surface area contributed by atoms with Crippen LogP contribution in [0.3, 0.4) is 0 Å². The number of likely N-dealkylation sites (tertiary alicyclic amines) is 1. The van der Waals surface area contributed by atoms with Gasteiger partial charge in [0.1, 0.15) is 5.69 Å². The first kappa shape index (κ1) is 17.6. The van der Waals surface area contributed by atoms with E-state index in [1.54, 1.807) is 0 Å². The molecule has 1 aromatic carbocycles. The Hall–Kier alpha value is -1.85. The molecular formula is C21H29N3O2. The summed E-state index contributed by atoms with van der Waals surface area (Å²) in [5, 5.41) is 1.16. The van der Waals surface area contributed by atoms with Crippen LogP contribution in [-0.4, -0.2) is 66.1 Å². The zero-order valence-corrected chi connectivity index (χ0v) is 15.9. The predicted molar refractivity (Wildman–Crippen MR) is 104 cm³/mol. The molecule has 140 valence electrons. The van der Waals surface area contributed by atoms with Gasteiger partial charge < -0.3 is 14.6 Å². The van der Waals surface area contributed by atoms with Crippen molar-refractivity contribution in [3.05, 3.63) is 35.0 Å². The number of aromatic amines is 1. The number of hydrogen-bond acceptors (Lipinski definition) is 3. The Labute approximate surface area is 155 Å². The highest BCUT2D eigenvalue weighted by Gasteiger charge is 2.31. The van der Waals surface area contributed by atoms with Crippen molar-refractivity contribution < 1.29 is 9.53 Å². The van der Waals surface area contributed by atoms with Gasteiger partial charge in [-0.05, 0) is 50.8 Å². The number of nitrogens with one attached hydrogen (secondary N) is 1. The minimum atomic E-state index is 0.161. The van der Waals surface area contributed by atoms with Gasteiger partial charge in [0.25, 0.3) is 5.91 Å². The summed E-state index contributed by atoms with van der Waals surface area (Å²) in [5.41, 5.74) is 4.11. The quantitative estimate of drug-likeness (QED) is 0.920. The molecule has 0 bridgehead atoms. The molecule has 5 heteroatoms. The number of carbonyl (C=O) groups excluding carboxylic acids is 1. The van der Waals surface area contributed by atoms with Gasteiger partial charge in [-0.3, -0.25) is 9.69 Å². The van der Waals surface area contributed by atoms with E-state index in [4.69, 9.17) is 4.74 Å². The topological polar surface area (TPSA) is 48.6 Å². The van der Waals surface area contributed by atoms with Crippen molar-refractivity contribution in [2.75, 3.05) is 39.4 Å². The summed E-state index contributed by atoms with van der Waals surface area (Å²) in [7, 11) is 0. The lowest BCUT2D eigenvalue weighted by atomic mass is 10.00. The van der Waals surface area contributed by atoms with E-state index in [0.717, 1.165) is 74.4 Å². The van der Waals surface area contributed by atoms with Gasteiger partial charge in [-0.25, -0.2) is 0 Å². The monoisotopic (exact) mass is 355 g/mol. The number of morpholine rings is 1. The summed E-state index contributed by atoms with van der Waals surface area (Å²) in [6.07, 6.45) is 3.41. The third-order valence-corrected chi connectivity index (χ3v) is 5.89. The summed E-state index contributed by atoms with van der Waals surface area (Å²) < 4.78 is 5.46. The van der Waals surface area contributed by atoms with Crippen LogP contribution in [0.4, 0.5) is 0 Å². The number of hydrogen-bond donors (Lipinski definition) is 1. The summed E-state index contributed by atoms with van der Waals surface area (Å²) >= 11 is 0. The van der Waals surface area contributed by atoms with Crippen LogP contribution < -0.4 is 0 Å². The van der Waals surface area contributed by atoms with Crippen LogP contribution in [0.2, 0.25) is 0 Å². The molecule has 0 aliphatic carbocycles. The Morgan fingerprint density at radius 2 is 2.00 bits per heavy atom. The minimum absolute atomic E-state index is 0.161. The Morgan fingerprint density at radius 3 is 2.81 bits per heavy atom. The molecule has 0 spiro atoms. The maximum atomic E-state index is 13.4. The maximum Gasteiger partial charge on any atom is 0.270 e. The van der Waals surface area contributed by atoms with Crippen molar-refractivity contribution >= 4 is 16.8 Å². The standard InChI is InChI=1S/C21H29N3O2/c1-15-6-7-19-18(13-15)16(2)20(22-19)21(25)24-8-4-3-5-17(24)14-23-9-11-26-12-10-23/h6-7,13,17,22H,3-5,8-12,14H2,1-2H3/t17-/m1/s1. The summed E-state index contributed by atoms with van der Waals surface area (Å²) in [5.74, 6) is 0.161. The fraction of sp³-hybridized carbons (Fsp3) is 0.571. The Bertz CT molecular complexity index is 792. The average molecular weight is 355 g/mol. The lowest BCUT2D eigenvalue weighted by molar-refractivity contribution is 0.0164. The van der Waals surface area contributed by atoms with Gasteiger partial charge in [-0.15, -0.1) is 0 Å². The van der Waals surface area contributed by atoms with Gasteiger partial charge >= 0.3 is 0 Å². The minimum Gasteiger partial charge on any atom is -0.379 e. The molecule has 5 nitrogen and oxygen atoms in total. The normalized spacial score (nSPS) is 22.1. The van der Waals surface area contributed by atoms with E-state index in [0.29, 0.717) is 6.04 Å². The molecule has 2 aliphatic heterocycles. The first-order valence-electron chi connectivity index (χ1n) is 9.83. The first-order valence-corrected chi connectivity index (χ1v) is 9.83. The highest BCUT2D eigenvalue weighted by atomic mass is 16.5. The van der Waals surface area contributed by atoms with Gasteiger partial charge in [0.05, 0.1) is 13.2 Å². The molecule has 0 saturated carbocycles. The highest BCUT2D eigenvalue weighted by Crippen LogP contribution is 2.27. The summed E-state index contributed by atoms with van der Waals surface area (Å²) in [6, 6.07) is 6.64. The Kier molecular flexibility index (Phi) is 5.00. The second-order valence-corrected chi connectivity index (χ2v) is 7.74. The zero-order valence-electron chi connectivity index (χ0n) is 15.9. The molecular weight excluding hydrogens is 326 g/mol. The summed E-state index contributed by atoms with van der Waals surface area (Å²) in [4.78, 5) is 21.3. The summed E-state index contributed by atoms with van der Waals surface area (Å²) in [6.45, 7) is 9.55. The number of carbonyl (C=O) groups is 1. The molecule has 1 aromatic heterocycles. The molecule has 3 heterocycles. The smallest absolute Gasteiger partial charge is 0.270 e. The molecule has 0 radical (unpaired) electrons. The van der Waals surface area contributed by atoms with Crippen LogP contribution in [0, 0.1) is 13.8 Å². The van der Waals surface area contributed by atoms with E-state index >= 15 is 0 Å². The van der Waals surface area contributed by atoms with Gasteiger partial charge in [-0.2, -0.15) is 0 Å². The number of aryl methyl sites for hydroxylation is 2. The molecule has 2 saturated heterocycles. The van der Waals surface area contributed by atoms with Crippen LogP contribution in [0.1, 0.15) is 40.9 Å². The number of ether oxygens (including phenoxy) is 1. The van der Waals surface area contributed by atoms with E-state index in [2.05, 4.69) is 46.8 Å². The fourth-order valence-electron chi connectivity index (χ4n) is 4.34. The fourth-order valence-corrected chi connectivity index (χ4v) is 4.34. The third kappa shape index (κ3) is 3.38. The van der Waals surface area contributed by atoms with E-state index in [9.17, 15) is 4.79 Å². The van der Waals surface area contributed by atoms with Crippen LogP contribution in [0.15, 0.2) is 18.2 Å². The molecule has 4 rings (SSSR count). The number of rotatable bonds is 3. The van der Waals surface area contributed by atoms with E-state index in [1.165, 1.54) is 12.0 Å². The van der Waals surface area contributed by atoms with E-state index in [1.807, 2.05) is 0 Å². The first-order chi connectivity index (χ1) is 12.6. The molecule has 2 aromatic rings. The number of H-pyrrole nitrogens is 1. The molecule has 1 N–H and O–H groups in total. The van der Waals surface area contributed by atoms with Crippen molar-refractivity contribution in [2.45, 2.75) is 39.2 Å². The molecule has 26 heavy (non-hydrogen) atoms. The van der Waals surface area contributed by atoms with Gasteiger partial charge in [-0.1, -0.05) is 11.6 Å². The number of benzene rings is 1. The molecule has 2 fully saturated rings. The number of amides is 1. The van der Waals surface area contributed by atoms with Crippen molar-refractivity contribution in [2.24, 2.45) is 0 Å². The molecule has 1 amide bonds. The van der Waals surface area contributed by atoms with Crippen LogP contribution in [0.25, 0.3) is 10.9 Å². The van der Waals surface area contributed by atoms with Crippen LogP contribution in [-0.2, 0) is 4.74 Å². The zero-order chi connectivity index (χ0) is 18.1. The lowest BCUT2D eigenvalue weighted by Crippen LogP contribution is -2.51. The largest absolute Gasteiger partial charge is 0.379 e. The number of aromatic nitrogens is 1. The average Bonchev–Trinajstić information content (AvgIpc) is 2.99. The van der Waals surface area contributed by atoms with Gasteiger partial charge in [0.15, 0.2) is 0 Å². The lowest BCUT2D eigenvalue weighted by Gasteiger charge is -2.39. The number of piperidine rings is 1. The SMILES string of the molecule is Cc1ccc2[nH]c(C(=O)N3CCCC[C@@H]3CN3CCOCC3)c(C)c2c1. The second kappa shape index (κ2) is 7.41. The van der Waals surface area contributed by atoms with E-state index in [-0.39, 0.29) is 5.91 Å². The Balaban J connectivity index is 1.57. The molecule has 2 aliphatic rings. The van der Waals surface area contributed by atoms with Crippen molar-refractivity contribution in [1.29, 1.82) is 0 Å². The van der Waals surface area contributed by atoms with Crippen molar-refractivity contribution in [3.63, 3.8) is 0 Å². The van der Waals surface area contributed by atoms with Crippen molar-refractivity contribution in [3.8, 4) is 0 Å². The van der Waals surface area contributed by atoms with Crippen molar-refractivity contribution in [1.82, 2.24) is 14.8 Å². The second-order valence-electron chi connectivity index (χ2n) is 7.74. The van der Waals surface area contributed by atoms with Crippen LogP contribution >= 0.6 is 0 Å². The molecule has 0 unspecified atom stereocenters. The highest BCUT2D eigenvalue weighted by molar-refractivity contribution is 6.01.